The van der Waals surface area contributed by atoms with Crippen LogP contribution in [0.15, 0.2) is 47.1 Å². The van der Waals surface area contributed by atoms with Crippen LogP contribution in [0.5, 0.6) is 0 Å². The lowest BCUT2D eigenvalue weighted by molar-refractivity contribution is 0.0911. The summed E-state index contributed by atoms with van der Waals surface area (Å²) in [5.41, 5.74) is 0.714. The zero-order chi connectivity index (χ0) is 14.1. The van der Waals surface area contributed by atoms with Gasteiger partial charge >= 0.3 is 0 Å². The van der Waals surface area contributed by atoms with Crippen molar-refractivity contribution >= 4 is 17.4 Å². The predicted molar refractivity (Wildman–Crippen MR) is 78.2 cm³/mol. The molecule has 2 atom stereocenters. The second-order valence-corrected chi connectivity index (χ2v) is 5.76. The molecule has 2 aromatic rings. The molecule has 0 saturated carbocycles. The number of likely N-dealkylation sites (tertiary alicyclic amines) is 1. The van der Waals surface area contributed by atoms with E-state index in [1.807, 2.05) is 19.2 Å². The van der Waals surface area contributed by atoms with E-state index in [-0.39, 0.29) is 17.6 Å². The van der Waals surface area contributed by atoms with Crippen LogP contribution in [0.4, 0.5) is 0 Å². The van der Waals surface area contributed by atoms with E-state index in [1.54, 1.807) is 30.5 Å². The van der Waals surface area contributed by atoms with E-state index in [4.69, 9.17) is 16.0 Å². The minimum absolute atomic E-state index is 0.0627. The third-order valence-electron chi connectivity index (χ3n) is 3.88. The Kier molecular flexibility index (Phi) is 3.64. The highest BCUT2D eigenvalue weighted by molar-refractivity contribution is 6.30. The first-order valence-corrected chi connectivity index (χ1v) is 7.04. The van der Waals surface area contributed by atoms with Crippen molar-refractivity contribution in [3.63, 3.8) is 0 Å². The van der Waals surface area contributed by atoms with E-state index >= 15 is 0 Å². The fourth-order valence-electron chi connectivity index (χ4n) is 2.88. The van der Waals surface area contributed by atoms with Crippen molar-refractivity contribution < 1.29 is 9.21 Å². The number of carbonyl (C=O) groups is 1. The Balaban J connectivity index is 1.87. The zero-order valence-corrected chi connectivity index (χ0v) is 12.0. The number of hydrogen-bond donors (Lipinski definition) is 0. The van der Waals surface area contributed by atoms with Gasteiger partial charge in [0.05, 0.1) is 6.26 Å². The van der Waals surface area contributed by atoms with Gasteiger partial charge in [-0.05, 0) is 43.4 Å². The number of ketones is 1. The van der Waals surface area contributed by atoms with Crippen molar-refractivity contribution in [1.29, 1.82) is 0 Å². The van der Waals surface area contributed by atoms with Gasteiger partial charge in [0.15, 0.2) is 5.78 Å². The Morgan fingerprint density at radius 3 is 2.65 bits per heavy atom. The highest BCUT2D eigenvalue weighted by atomic mass is 35.5. The van der Waals surface area contributed by atoms with Crippen molar-refractivity contribution in [2.24, 2.45) is 5.92 Å². The van der Waals surface area contributed by atoms with Gasteiger partial charge in [-0.2, -0.15) is 0 Å². The van der Waals surface area contributed by atoms with E-state index in [0.717, 1.165) is 18.8 Å². The molecule has 0 radical (unpaired) electrons. The third-order valence-corrected chi connectivity index (χ3v) is 4.13. The highest BCUT2D eigenvalue weighted by Gasteiger charge is 2.38. The Morgan fingerprint density at radius 1 is 1.25 bits per heavy atom. The smallest absolute Gasteiger partial charge is 0.168 e. The lowest BCUT2D eigenvalue weighted by atomic mass is 9.87. The first-order valence-electron chi connectivity index (χ1n) is 6.67. The molecule has 3 nitrogen and oxygen atoms in total. The average Bonchev–Trinajstić information content (AvgIpc) is 3.07. The summed E-state index contributed by atoms with van der Waals surface area (Å²) in [5, 5.41) is 0.646. The molecule has 1 aromatic heterocycles. The van der Waals surface area contributed by atoms with Gasteiger partial charge in [0.2, 0.25) is 0 Å². The topological polar surface area (TPSA) is 33.5 Å². The minimum Gasteiger partial charge on any atom is -0.469 e. The molecule has 1 aromatic carbocycles. The van der Waals surface area contributed by atoms with E-state index in [1.165, 1.54) is 0 Å². The Hall–Kier alpha value is -1.58. The van der Waals surface area contributed by atoms with Crippen LogP contribution < -0.4 is 0 Å². The molecule has 20 heavy (non-hydrogen) atoms. The van der Waals surface area contributed by atoms with Crippen LogP contribution in [0.25, 0.3) is 0 Å². The molecule has 0 aliphatic carbocycles. The molecule has 4 heteroatoms. The summed E-state index contributed by atoms with van der Waals surface area (Å²) in [6, 6.07) is 10.9. The molecule has 0 N–H and O–H groups in total. The number of benzene rings is 1. The summed E-state index contributed by atoms with van der Waals surface area (Å²) in [6.07, 6.45) is 1.66. The van der Waals surface area contributed by atoms with Crippen molar-refractivity contribution in [3.05, 3.63) is 59.0 Å². The lowest BCUT2D eigenvalue weighted by Gasteiger charge is -2.15. The second kappa shape index (κ2) is 5.43. The van der Waals surface area contributed by atoms with Gasteiger partial charge in [0.25, 0.3) is 0 Å². The first kappa shape index (κ1) is 13.4. The van der Waals surface area contributed by atoms with E-state index in [2.05, 4.69) is 4.90 Å². The van der Waals surface area contributed by atoms with Crippen LogP contribution >= 0.6 is 11.6 Å². The summed E-state index contributed by atoms with van der Waals surface area (Å²) < 4.78 is 5.50. The number of halogens is 1. The number of rotatable bonds is 3. The number of carbonyl (C=O) groups excluding carboxylic acids is 1. The van der Waals surface area contributed by atoms with Crippen LogP contribution in [-0.2, 0) is 0 Å². The Labute approximate surface area is 123 Å². The molecule has 2 heterocycles. The predicted octanol–water partition coefficient (Wildman–Crippen LogP) is 3.46. The van der Waals surface area contributed by atoms with E-state index in [9.17, 15) is 4.79 Å². The van der Waals surface area contributed by atoms with Gasteiger partial charge in [0.1, 0.15) is 5.76 Å². The van der Waals surface area contributed by atoms with E-state index in [0.29, 0.717) is 10.6 Å². The van der Waals surface area contributed by atoms with E-state index < -0.39 is 0 Å². The first-order chi connectivity index (χ1) is 9.65. The van der Waals surface area contributed by atoms with Crippen LogP contribution in [0.2, 0.25) is 5.02 Å². The molecular formula is C16H16ClNO2. The van der Waals surface area contributed by atoms with Gasteiger partial charge in [-0.25, -0.2) is 0 Å². The van der Waals surface area contributed by atoms with Crippen molar-refractivity contribution in [1.82, 2.24) is 4.90 Å². The maximum Gasteiger partial charge on any atom is 0.168 e. The van der Waals surface area contributed by atoms with Crippen LogP contribution in [0, 0.1) is 5.92 Å². The van der Waals surface area contributed by atoms with Gasteiger partial charge in [-0.3, -0.25) is 4.79 Å². The average molecular weight is 290 g/mol. The number of furan rings is 1. The quantitative estimate of drug-likeness (QED) is 0.811. The van der Waals surface area contributed by atoms with Crippen LogP contribution in [0.1, 0.15) is 22.0 Å². The van der Waals surface area contributed by atoms with Crippen LogP contribution in [0.3, 0.4) is 0 Å². The molecule has 0 bridgehead atoms. The molecule has 0 amide bonds. The fourth-order valence-corrected chi connectivity index (χ4v) is 3.01. The number of nitrogens with zero attached hydrogens (tertiary/aromatic N) is 1. The molecule has 1 fully saturated rings. The number of Topliss-reactive ketones (excluding diaryl/α,β-unsaturated/α-hetero) is 1. The molecule has 0 spiro atoms. The zero-order valence-electron chi connectivity index (χ0n) is 11.3. The van der Waals surface area contributed by atoms with Crippen molar-refractivity contribution in [2.75, 3.05) is 20.1 Å². The maximum absolute atomic E-state index is 12.7. The third kappa shape index (κ3) is 2.51. The minimum atomic E-state index is -0.0627. The summed E-state index contributed by atoms with van der Waals surface area (Å²) in [5.74, 6) is 1.11. The number of hydrogen-bond acceptors (Lipinski definition) is 3. The summed E-state index contributed by atoms with van der Waals surface area (Å²) >= 11 is 5.87. The maximum atomic E-state index is 12.7. The van der Waals surface area contributed by atoms with Gasteiger partial charge in [-0.15, -0.1) is 0 Å². The van der Waals surface area contributed by atoms with Crippen molar-refractivity contribution in [2.45, 2.75) is 5.92 Å². The van der Waals surface area contributed by atoms with Crippen LogP contribution in [-0.4, -0.2) is 30.8 Å². The Morgan fingerprint density at radius 2 is 2.00 bits per heavy atom. The van der Waals surface area contributed by atoms with Crippen molar-refractivity contribution in [3.8, 4) is 0 Å². The lowest BCUT2D eigenvalue weighted by Crippen LogP contribution is -2.22. The van der Waals surface area contributed by atoms with Gasteiger partial charge < -0.3 is 9.32 Å². The standard InChI is InChI=1S/C16H16ClNO2/c1-18-9-13(15-3-2-8-20-15)14(10-18)16(19)11-4-6-12(17)7-5-11/h2-8,13-14H,9-10H2,1H3/t13-,14+/m0/s1. The molecule has 1 aliphatic rings. The molecule has 0 unspecified atom stereocenters. The summed E-state index contributed by atoms with van der Waals surface area (Å²) in [7, 11) is 2.03. The molecule has 1 saturated heterocycles. The highest BCUT2D eigenvalue weighted by Crippen LogP contribution is 2.34. The summed E-state index contributed by atoms with van der Waals surface area (Å²) in [6.45, 7) is 1.60. The SMILES string of the molecule is CN1C[C@H](c2ccco2)[C@H](C(=O)c2ccc(Cl)cc2)C1. The molecule has 1 aliphatic heterocycles. The monoisotopic (exact) mass is 289 g/mol. The molecular weight excluding hydrogens is 274 g/mol. The molecule has 3 rings (SSSR count). The second-order valence-electron chi connectivity index (χ2n) is 5.32. The molecule has 104 valence electrons. The fraction of sp³-hybridized carbons (Fsp3) is 0.312. The number of likely N-dealkylation sites (N-methyl/N-ethyl adjacent to an activating group) is 1. The largest absolute Gasteiger partial charge is 0.469 e. The normalized spacial score (nSPS) is 23.1. The Bertz CT molecular complexity index is 591. The summed E-state index contributed by atoms with van der Waals surface area (Å²) in [4.78, 5) is 14.9. The van der Waals surface area contributed by atoms with Gasteiger partial charge in [-0.1, -0.05) is 11.6 Å². The van der Waals surface area contributed by atoms with Gasteiger partial charge in [0, 0.05) is 35.5 Å².